The Kier molecular flexibility index (Phi) is 5.41. The van der Waals surface area contributed by atoms with Gasteiger partial charge in [0.15, 0.2) is 11.6 Å². The molecule has 4 heteroatoms. The van der Waals surface area contributed by atoms with E-state index in [9.17, 15) is 14.4 Å². The van der Waals surface area contributed by atoms with Crippen LogP contribution in [0, 0.1) is 0 Å². The highest BCUT2D eigenvalue weighted by Crippen LogP contribution is 2.07. The maximum atomic E-state index is 11.9. The van der Waals surface area contributed by atoms with E-state index in [0.29, 0.717) is 17.7 Å². The Bertz CT molecular complexity index is 715. The second-order valence-corrected chi connectivity index (χ2v) is 5.46. The van der Waals surface area contributed by atoms with Gasteiger partial charge >= 0.3 is 0 Å². The maximum absolute atomic E-state index is 11.9. The first-order valence-electron chi connectivity index (χ1n) is 7.42. The third kappa shape index (κ3) is 4.88. The Hall–Kier alpha value is -2.75. The van der Waals surface area contributed by atoms with Crippen molar-refractivity contribution in [2.24, 2.45) is 0 Å². The number of hydrogen-bond donors (Lipinski definition) is 1. The highest BCUT2D eigenvalue weighted by Gasteiger charge is 2.05. The van der Waals surface area contributed by atoms with Crippen molar-refractivity contribution in [1.29, 1.82) is 0 Å². The Morgan fingerprint density at radius 1 is 0.739 bits per heavy atom. The fraction of sp³-hybridized carbons (Fsp3) is 0.211. The van der Waals surface area contributed by atoms with Gasteiger partial charge in [0.05, 0.1) is 6.42 Å². The van der Waals surface area contributed by atoms with E-state index in [1.807, 2.05) is 12.1 Å². The van der Waals surface area contributed by atoms with Gasteiger partial charge in [-0.2, -0.15) is 0 Å². The minimum absolute atomic E-state index is 0.00927. The molecule has 0 aliphatic carbocycles. The van der Waals surface area contributed by atoms with Crippen molar-refractivity contribution < 1.29 is 14.4 Å². The quantitative estimate of drug-likeness (QED) is 0.834. The maximum Gasteiger partial charge on any atom is 0.224 e. The molecule has 1 N–H and O–H groups in total. The molecule has 0 unspecified atom stereocenters. The molecule has 0 atom stereocenters. The molecule has 0 aliphatic rings. The molecule has 2 rings (SSSR count). The van der Waals surface area contributed by atoms with Crippen molar-refractivity contribution >= 4 is 17.5 Å². The van der Waals surface area contributed by atoms with Crippen LogP contribution in [0.5, 0.6) is 0 Å². The lowest BCUT2D eigenvalue weighted by Crippen LogP contribution is -2.24. The first-order chi connectivity index (χ1) is 11.0. The van der Waals surface area contributed by atoms with E-state index in [4.69, 9.17) is 0 Å². The van der Waals surface area contributed by atoms with Crippen LogP contribution < -0.4 is 5.32 Å². The standard InChI is InChI=1S/C19H19NO3/c1-13(21)17-7-3-15(4-8-17)11-19(23)20-12-16-5-9-18(10-6-16)14(2)22/h3-10H,11-12H2,1-2H3,(H,20,23). The van der Waals surface area contributed by atoms with E-state index in [1.54, 1.807) is 36.4 Å². The molecular weight excluding hydrogens is 290 g/mol. The number of amides is 1. The normalized spacial score (nSPS) is 10.2. The number of carbonyl (C=O) groups excluding carboxylic acids is 3. The minimum atomic E-state index is -0.0868. The lowest BCUT2D eigenvalue weighted by Gasteiger charge is -2.06. The molecule has 2 aromatic carbocycles. The average molecular weight is 309 g/mol. The summed E-state index contributed by atoms with van der Waals surface area (Å²) in [5.74, 6) is -0.0548. The number of hydrogen-bond acceptors (Lipinski definition) is 3. The minimum Gasteiger partial charge on any atom is -0.352 e. The number of rotatable bonds is 6. The van der Waals surface area contributed by atoms with E-state index in [-0.39, 0.29) is 23.9 Å². The summed E-state index contributed by atoms with van der Waals surface area (Å²) in [4.78, 5) is 34.4. The highest BCUT2D eigenvalue weighted by molar-refractivity contribution is 5.94. The van der Waals surface area contributed by atoms with Gasteiger partial charge in [0.25, 0.3) is 0 Å². The van der Waals surface area contributed by atoms with Gasteiger partial charge < -0.3 is 5.32 Å². The van der Waals surface area contributed by atoms with E-state index < -0.39 is 0 Å². The molecule has 118 valence electrons. The predicted molar refractivity (Wildman–Crippen MR) is 88.4 cm³/mol. The number of carbonyl (C=O) groups is 3. The molecule has 0 bridgehead atoms. The molecule has 0 heterocycles. The van der Waals surface area contributed by atoms with E-state index in [0.717, 1.165) is 11.1 Å². The Morgan fingerprint density at radius 2 is 1.17 bits per heavy atom. The van der Waals surface area contributed by atoms with Crippen LogP contribution in [0.3, 0.4) is 0 Å². The number of Topliss-reactive ketones (excluding diaryl/α,β-unsaturated/α-hetero) is 2. The fourth-order valence-corrected chi connectivity index (χ4v) is 2.16. The van der Waals surface area contributed by atoms with Crippen LogP contribution in [0.2, 0.25) is 0 Å². The molecule has 4 nitrogen and oxygen atoms in total. The molecule has 0 spiro atoms. The summed E-state index contributed by atoms with van der Waals surface area (Å²) < 4.78 is 0. The van der Waals surface area contributed by atoms with Crippen molar-refractivity contribution in [3.8, 4) is 0 Å². The zero-order valence-corrected chi connectivity index (χ0v) is 13.3. The third-order valence-electron chi connectivity index (χ3n) is 3.58. The molecular formula is C19H19NO3. The largest absolute Gasteiger partial charge is 0.352 e. The van der Waals surface area contributed by atoms with Gasteiger partial charge in [0.2, 0.25) is 5.91 Å². The fourth-order valence-electron chi connectivity index (χ4n) is 2.16. The summed E-state index contributed by atoms with van der Waals surface area (Å²) in [7, 11) is 0. The average Bonchev–Trinajstić information content (AvgIpc) is 2.54. The summed E-state index contributed by atoms with van der Waals surface area (Å²) in [5.41, 5.74) is 3.10. The molecule has 0 radical (unpaired) electrons. The van der Waals surface area contributed by atoms with Crippen LogP contribution in [0.4, 0.5) is 0 Å². The number of benzene rings is 2. The monoisotopic (exact) mass is 309 g/mol. The van der Waals surface area contributed by atoms with E-state index in [2.05, 4.69) is 5.32 Å². The predicted octanol–water partition coefficient (Wildman–Crippen LogP) is 2.95. The molecule has 0 fully saturated rings. The van der Waals surface area contributed by atoms with Gasteiger partial charge in [-0.3, -0.25) is 14.4 Å². The number of nitrogens with one attached hydrogen (secondary N) is 1. The van der Waals surface area contributed by atoms with Gasteiger partial charge in [-0.25, -0.2) is 0 Å². The van der Waals surface area contributed by atoms with Gasteiger partial charge in [-0.05, 0) is 25.0 Å². The summed E-state index contributed by atoms with van der Waals surface area (Å²) in [6.07, 6.45) is 0.268. The molecule has 0 saturated carbocycles. The summed E-state index contributed by atoms with van der Waals surface area (Å²) in [6, 6.07) is 14.2. The SMILES string of the molecule is CC(=O)c1ccc(CNC(=O)Cc2ccc(C(C)=O)cc2)cc1. The van der Waals surface area contributed by atoms with Crippen LogP contribution in [-0.4, -0.2) is 17.5 Å². The Morgan fingerprint density at radius 3 is 1.61 bits per heavy atom. The molecule has 0 aromatic heterocycles. The van der Waals surface area contributed by atoms with Crippen LogP contribution in [0.15, 0.2) is 48.5 Å². The van der Waals surface area contributed by atoms with E-state index in [1.165, 1.54) is 13.8 Å². The van der Waals surface area contributed by atoms with Crippen molar-refractivity contribution in [2.75, 3.05) is 0 Å². The van der Waals surface area contributed by atoms with Crippen molar-refractivity contribution in [3.05, 3.63) is 70.8 Å². The second-order valence-electron chi connectivity index (χ2n) is 5.46. The van der Waals surface area contributed by atoms with Gasteiger partial charge in [-0.15, -0.1) is 0 Å². The lowest BCUT2D eigenvalue weighted by atomic mass is 10.1. The van der Waals surface area contributed by atoms with Gasteiger partial charge in [0.1, 0.15) is 0 Å². The Balaban J connectivity index is 1.87. The topological polar surface area (TPSA) is 63.2 Å². The first-order valence-corrected chi connectivity index (χ1v) is 7.42. The third-order valence-corrected chi connectivity index (χ3v) is 3.58. The summed E-state index contributed by atoms with van der Waals surface area (Å²) in [5, 5.41) is 2.84. The van der Waals surface area contributed by atoms with Crippen LogP contribution >= 0.6 is 0 Å². The van der Waals surface area contributed by atoms with Crippen LogP contribution in [0.25, 0.3) is 0 Å². The van der Waals surface area contributed by atoms with Gasteiger partial charge in [-0.1, -0.05) is 48.5 Å². The summed E-state index contributed by atoms with van der Waals surface area (Å²) in [6.45, 7) is 3.45. The molecule has 2 aromatic rings. The van der Waals surface area contributed by atoms with Crippen molar-refractivity contribution in [3.63, 3.8) is 0 Å². The van der Waals surface area contributed by atoms with Crippen molar-refractivity contribution in [2.45, 2.75) is 26.8 Å². The van der Waals surface area contributed by atoms with E-state index >= 15 is 0 Å². The zero-order chi connectivity index (χ0) is 16.8. The van der Waals surface area contributed by atoms with Gasteiger partial charge in [0, 0.05) is 17.7 Å². The van der Waals surface area contributed by atoms with Crippen LogP contribution in [0.1, 0.15) is 45.7 Å². The molecule has 0 saturated heterocycles. The molecule has 23 heavy (non-hydrogen) atoms. The zero-order valence-electron chi connectivity index (χ0n) is 13.3. The molecule has 1 amide bonds. The highest BCUT2D eigenvalue weighted by atomic mass is 16.1. The second kappa shape index (κ2) is 7.49. The molecule has 0 aliphatic heterocycles. The summed E-state index contributed by atoms with van der Waals surface area (Å²) >= 11 is 0. The number of ketones is 2. The Labute approximate surface area is 135 Å². The lowest BCUT2D eigenvalue weighted by molar-refractivity contribution is -0.120. The van der Waals surface area contributed by atoms with Crippen molar-refractivity contribution in [1.82, 2.24) is 5.32 Å². The first kappa shape index (κ1) is 16.6. The smallest absolute Gasteiger partial charge is 0.224 e. The van der Waals surface area contributed by atoms with Crippen LogP contribution in [-0.2, 0) is 17.8 Å².